The molecule has 0 fully saturated rings. The van der Waals surface area contributed by atoms with E-state index in [1.165, 1.54) is 10.8 Å². The van der Waals surface area contributed by atoms with Crippen molar-refractivity contribution in [2.45, 2.75) is 48.1 Å². The van der Waals surface area contributed by atoms with Crippen molar-refractivity contribution in [3.05, 3.63) is 87.3 Å². The van der Waals surface area contributed by atoms with Gasteiger partial charge in [0.15, 0.2) is 5.69 Å². The minimum atomic E-state index is -0.580. The van der Waals surface area contributed by atoms with E-state index in [9.17, 15) is 14.4 Å². The van der Waals surface area contributed by atoms with Crippen molar-refractivity contribution in [3.63, 3.8) is 0 Å². The Bertz CT molecular complexity index is 1830. The Labute approximate surface area is 237 Å². The smallest absolute Gasteiger partial charge is 0.290 e. The highest BCUT2D eigenvalue weighted by Crippen LogP contribution is 2.35. The van der Waals surface area contributed by atoms with Gasteiger partial charge in [0, 0.05) is 47.7 Å². The molecule has 0 aliphatic heterocycles. The summed E-state index contributed by atoms with van der Waals surface area (Å²) in [5.41, 5.74) is 11.2. The second kappa shape index (κ2) is 11.6. The molecule has 10 nitrogen and oxygen atoms in total. The topological polar surface area (TPSA) is 138 Å². The minimum absolute atomic E-state index is 0.223. The fourth-order valence-electron chi connectivity index (χ4n) is 5.02. The zero-order valence-electron chi connectivity index (χ0n) is 24.3. The summed E-state index contributed by atoms with van der Waals surface area (Å²) in [5, 5.41) is 3.74. The number of aromatic nitrogens is 4. The Hall–Kier alpha value is -4.99. The zero-order valence-corrected chi connectivity index (χ0v) is 24.3. The van der Waals surface area contributed by atoms with Crippen LogP contribution in [-0.2, 0) is 13.6 Å². The first-order valence-electron chi connectivity index (χ1n) is 13.5. The monoisotopic (exact) mass is 554 g/mol. The molecule has 4 heterocycles. The highest BCUT2D eigenvalue weighted by atomic mass is 16.5. The molecule has 3 N–H and O–H groups in total. The SMILES string of the molecule is CC.CCn1c(-c2ccc(-c3c(C)on(C)c3=O)cn2)c(C)c2cc(C)nc(C(=O)Nc3cccc(C(N)=O)c3)c21. The molecular weight excluding hydrogens is 520 g/mol. The molecule has 5 rings (SSSR count). The number of primary amides is 1. The van der Waals surface area contributed by atoms with Crippen LogP contribution in [0.25, 0.3) is 33.4 Å². The van der Waals surface area contributed by atoms with Gasteiger partial charge in [-0.15, -0.1) is 0 Å². The summed E-state index contributed by atoms with van der Waals surface area (Å²) in [5.74, 6) is -0.461. The van der Waals surface area contributed by atoms with Crippen molar-refractivity contribution < 1.29 is 14.1 Å². The number of benzene rings is 1. The van der Waals surface area contributed by atoms with E-state index in [2.05, 4.69) is 10.3 Å². The normalized spacial score (nSPS) is 10.8. The fourth-order valence-corrected chi connectivity index (χ4v) is 5.02. The van der Waals surface area contributed by atoms with E-state index in [1.807, 2.05) is 57.4 Å². The molecule has 2 amide bonds. The number of hydrogen-bond donors (Lipinski definition) is 2. The maximum Gasteiger partial charge on any atom is 0.290 e. The number of pyridine rings is 2. The standard InChI is InChI=1S/C29H28N6O4.C2H6/c1-6-35-25(22-11-10-19(14-31-22)23-17(4)39-34(5)29(23)38)16(3)21-12-15(2)32-24(26(21)35)28(37)33-20-9-7-8-18(13-20)27(30)36;1-2/h7-14H,6H2,1-5H3,(H2,30,36)(H,33,37);1-2H3. The average molecular weight is 555 g/mol. The highest BCUT2D eigenvalue weighted by molar-refractivity contribution is 6.12. The number of hydrogen-bond acceptors (Lipinski definition) is 6. The van der Waals surface area contributed by atoms with Gasteiger partial charge in [-0.05, 0) is 63.6 Å². The van der Waals surface area contributed by atoms with Crippen molar-refractivity contribution in [1.82, 2.24) is 19.3 Å². The van der Waals surface area contributed by atoms with Gasteiger partial charge in [-0.2, -0.15) is 4.74 Å². The number of carbonyl (C=O) groups is 2. The molecule has 5 aromatic rings. The Morgan fingerprint density at radius 2 is 1.80 bits per heavy atom. The molecule has 0 bridgehead atoms. The summed E-state index contributed by atoms with van der Waals surface area (Å²) in [6.45, 7) is 12.1. The summed E-state index contributed by atoms with van der Waals surface area (Å²) in [4.78, 5) is 46.9. The van der Waals surface area contributed by atoms with Crippen molar-refractivity contribution in [3.8, 4) is 22.5 Å². The van der Waals surface area contributed by atoms with E-state index in [4.69, 9.17) is 15.2 Å². The number of fused-ring (bicyclic) bond motifs is 1. The van der Waals surface area contributed by atoms with Crippen molar-refractivity contribution in [2.24, 2.45) is 12.8 Å². The fraction of sp³-hybridized carbons (Fsp3) is 0.258. The largest absolute Gasteiger partial charge is 0.381 e. The predicted octanol–water partition coefficient (Wildman–Crippen LogP) is 5.38. The lowest BCUT2D eigenvalue weighted by atomic mass is 10.1. The van der Waals surface area contributed by atoms with E-state index in [-0.39, 0.29) is 11.3 Å². The van der Waals surface area contributed by atoms with E-state index < -0.39 is 11.8 Å². The summed E-state index contributed by atoms with van der Waals surface area (Å²) in [6, 6.07) is 12.1. The van der Waals surface area contributed by atoms with E-state index in [1.54, 1.807) is 38.4 Å². The van der Waals surface area contributed by atoms with Crippen LogP contribution in [0.4, 0.5) is 5.69 Å². The molecular formula is C31H34N6O4. The number of amides is 2. The second-order valence-corrected chi connectivity index (χ2v) is 9.38. The summed E-state index contributed by atoms with van der Waals surface area (Å²) < 4.78 is 8.64. The first kappa shape index (κ1) is 29.0. The van der Waals surface area contributed by atoms with Crippen LogP contribution in [0.1, 0.15) is 58.6 Å². The molecule has 212 valence electrons. The lowest BCUT2D eigenvalue weighted by Gasteiger charge is -2.12. The molecule has 0 aliphatic rings. The number of carbonyl (C=O) groups excluding carboxylic acids is 2. The van der Waals surface area contributed by atoms with Crippen LogP contribution in [0.15, 0.2) is 58.0 Å². The molecule has 0 spiro atoms. The van der Waals surface area contributed by atoms with E-state index in [0.29, 0.717) is 51.6 Å². The first-order valence-corrected chi connectivity index (χ1v) is 13.5. The number of aryl methyl sites for hydroxylation is 5. The van der Waals surface area contributed by atoms with Crippen LogP contribution >= 0.6 is 0 Å². The summed E-state index contributed by atoms with van der Waals surface area (Å²) >= 11 is 0. The molecule has 0 unspecified atom stereocenters. The molecule has 41 heavy (non-hydrogen) atoms. The number of nitrogens with one attached hydrogen (secondary N) is 1. The third kappa shape index (κ3) is 5.28. The van der Waals surface area contributed by atoms with Gasteiger partial charge in [-0.3, -0.25) is 19.4 Å². The van der Waals surface area contributed by atoms with Gasteiger partial charge in [0.1, 0.15) is 5.76 Å². The Morgan fingerprint density at radius 1 is 1.07 bits per heavy atom. The maximum absolute atomic E-state index is 13.5. The highest BCUT2D eigenvalue weighted by Gasteiger charge is 2.24. The Kier molecular flexibility index (Phi) is 8.23. The first-order chi connectivity index (χ1) is 19.6. The van der Waals surface area contributed by atoms with Gasteiger partial charge in [0.05, 0.1) is 22.5 Å². The maximum atomic E-state index is 13.5. The van der Waals surface area contributed by atoms with Gasteiger partial charge >= 0.3 is 0 Å². The molecule has 0 radical (unpaired) electrons. The lowest BCUT2D eigenvalue weighted by molar-refractivity contribution is 0.0995. The molecule has 0 saturated carbocycles. The van der Waals surface area contributed by atoms with Crippen molar-refractivity contribution in [2.75, 3.05) is 5.32 Å². The van der Waals surface area contributed by atoms with Gasteiger partial charge < -0.3 is 20.1 Å². The summed E-state index contributed by atoms with van der Waals surface area (Å²) in [6.07, 6.45) is 1.66. The Morgan fingerprint density at radius 3 is 2.39 bits per heavy atom. The number of anilines is 1. The van der Waals surface area contributed by atoms with Crippen LogP contribution in [0.5, 0.6) is 0 Å². The van der Waals surface area contributed by atoms with Crippen LogP contribution in [0, 0.1) is 20.8 Å². The summed E-state index contributed by atoms with van der Waals surface area (Å²) in [7, 11) is 1.57. The molecule has 4 aromatic heterocycles. The van der Waals surface area contributed by atoms with Crippen LogP contribution < -0.4 is 16.6 Å². The van der Waals surface area contributed by atoms with Crippen molar-refractivity contribution >= 4 is 28.4 Å². The number of nitrogens with two attached hydrogens (primary N) is 1. The zero-order chi connectivity index (χ0) is 30.0. The molecule has 1 aromatic carbocycles. The number of nitrogens with zero attached hydrogens (tertiary/aromatic N) is 4. The second-order valence-electron chi connectivity index (χ2n) is 9.38. The molecule has 0 saturated heterocycles. The molecule has 0 aliphatic carbocycles. The van der Waals surface area contributed by atoms with Gasteiger partial charge in [-0.1, -0.05) is 26.0 Å². The number of rotatable bonds is 6. The van der Waals surface area contributed by atoms with Gasteiger partial charge in [0.2, 0.25) is 5.91 Å². The van der Waals surface area contributed by atoms with E-state index >= 15 is 0 Å². The third-order valence-electron chi connectivity index (χ3n) is 6.78. The third-order valence-corrected chi connectivity index (χ3v) is 6.78. The quantitative estimate of drug-likeness (QED) is 0.289. The minimum Gasteiger partial charge on any atom is -0.381 e. The van der Waals surface area contributed by atoms with Crippen LogP contribution in [0.3, 0.4) is 0 Å². The van der Waals surface area contributed by atoms with Crippen LogP contribution in [-0.4, -0.2) is 31.1 Å². The van der Waals surface area contributed by atoms with Gasteiger partial charge in [-0.25, -0.2) is 4.98 Å². The lowest BCUT2D eigenvalue weighted by Crippen LogP contribution is -2.17. The van der Waals surface area contributed by atoms with Gasteiger partial charge in [0.25, 0.3) is 11.5 Å². The van der Waals surface area contributed by atoms with Crippen LogP contribution in [0.2, 0.25) is 0 Å². The molecule has 0 atom stereocenters. The Balaban J connectivity index is 0.00000189. The van der Waals surface area contributed by atoms with Crippen molar-refractivity contribution in [1.29, 1.82) is 0 Å². The molecule has 10 heteroatoms. The van der Waals surface area contributed by atoms with E-state index in [0.717, 1.165) is 16.6 Å². The average Bonchev–Trinajstić information content (AvgIpc) is 3.39. The predicted molar refractivity (Wildman–Crippen MR) is 160 cm³/mol.